The Morgan fingerprint density at radius 2 is 1.48 bits per heavy atom. The summed E-state index contributed by atoms with van der Waals surface area (Å²) in [6, 6.07) is 26.0. The average Bonchev–Trinajstić information content (AvgIpc) is 2.79. The lowest BCUT2D eigenvalue weighted by molar-refractivity contribution is 0.102. The molecule has 0 saturated heterocycles. The molecular formula is C24H20N2O4S. The van der Waals surface area contributed by atoms with E-state index in [0.717, 1.165) is 10.8 Å². The number of benzene rings is 4. The quantitative estimate of drug-likeness (QED) is 0.454. The average molecular weight is 433 g/mol. The van der Waals surface area contributed by atoms with Gasteiger partial charge in [0.15, 0.2) is 0 Å². The second-order valence-corrected chi connectivity index (χ2v) is 8.53. The van der Waals surface area contributed by atoms with E-state index in [-0.39, 0.29) is 10.8 Å². The topological polar surface area (TPSA) is 84.5 Å². The molecular weight excluding hydrogens is 412 g/mol. The van der Waals surface area contributed by atoms with E-state index in [1.54, 1.807) is 24.3 Å². The first-order valence-corrected chi connectivity index (χ1v) is 11.0. The maximum absolute atomic E-state index is 12.7. The van der Waals surface area contributed by atoms with Crippen LogP contribution in [-0.2, 0) is 10.0 Å². The Morgan fingerprint density at radius 1 is 0.806 bits per heavy atom. The number of rotatable bonds is 6. The van der Waals surface area contributed by atoms with Gasteiger partial charge in [0.1, 0.15) is 5.75 Å². The van der Waals surface area contributed by atoms with Gasteiger partial charge >= 0.3 is 0 Å². The molecule has 0 radical (unpaired) electrons. The lowest BCUT2D eigenvalue weighted by Crippen LogP contribution is -2.15. The zero-order valence-corrected chi connectivity index (χ0v) is 17.5. The molecule has 2 N–H and O–H groups in total. The summed E-state index contributed by atoms with van der Waals surface area (Å²) in [5, 5.41) is 4.94. The number of amides is 1. The summed E-state index contributed by atoms with van der Waals surface area (Å²) in [4.78, 5) is 12.6. The fraction of sp³-hybridized carbons (Fsp3) is 0.0417. The van der Waals surface area contributed by atoms with E-state index in [0.29, 0.717) is 22.7 Å². The minimum Gasteiger partial charge on any atom is -0.495 e. The fourth-order valence-electron chi connectivity index (χ4n) is 3.19. The summed E-state index contributed by atoms with van der Waals surface area (Å²) in [6.07, 6.45) is 0. The zero-order valence-electron chi connectivity index (χ0n) is 16.7. The number of carbonyl (C=O) groups excluding carboxylic acids is 1. The van der Waals surface area contributed by atoms with Crippen LogP contribution in [0, 0.1) is 0 Å². The van der Waals surface area contributed by atoms with E-state index >= 15 is 0 Å². The molecule has 1 amide bonds. The SMILES string of the molecule is COc1ccccc1NS(=O)(=O)c1ccc(C(=O)Nc2ccc3ccccc3c2)cc1. The monoisotopic (exact) mass is 432 g/mol. The van der Waals surface area contributed by atoms with E-state index in [2.05, 4.69) is 10.0 Å². The Labute approximate surface area is 180 Å². The number of hydrogen-bond donors (Lipinski definition) is 2. The lowest BCUT2D eigenvalue weighted by Gasteiger charge is -2.12. The van der Waals surface area contributed by atoms with E-state index in [9.17, 15) is 13.2 Å². The largest absolute Gasteiger partial charge is 0.495 e. The Hall–Kier alpha value is -3.84. The summed E-state index contributed by atoms with van der Waals surface area (Å²) in [5.41, 5.74) is 1.35. The number of hydrogen-bond acceptors (Lipinski definition) is 4. The highest BCUT2D eigenvalue weighted by Gasteiger charge is 2.17. The highest BCUT2D eigenvalue weighted by molar-refractivity contribution is 7.92. The van der Waals surface area contributed by atoms with Crippen molar-refractivity contribution in [3.8, 4) is 5.75 Å². The molecule has 4 rings (SSSR count). The van der Waals surface area contributed by atoms with Crippen LogP contribution in [0.5, 0.6) is 5.75 Å². The minimum atomic E-state index is -3.83. The van der Waals surface area contributed by atoms with Crippen LogP contribution in [0.25, 0.3) is 10.8 Å². The Balaban J connectivity index is 1.50. The zero-order chi connectivity index (χ0) is 21.8. The number of fused-ring (bicyclic) bond motifs is 1. The third kappa shape index (κ3) is 4.51. The number of carbonyl (C=O) groups is 1. The summed E-state index contributed by atoms with van der Waals surface area (Å²) >= 11 is 0. The number of anilines is 2. The number of nitrogens with one attached hydrogen (secondary N) is 2. The van der Waals surface area contributed by atoms with E-state index in [1.807, 2.05) is 42.5 Å². The molecule has 0 heterocycles. The van der Waals surface area contributed by atoms with Gasteiger partial charge in [-0.25, -0.2) is 8.42 Å². The second-order valence-electron chi connectivity index (χ2n) is 6.85. The Morgan fingerprint density at radius 3 is 2.23 bits per heavy atom. The molecule has 0 aliphatic carbocycles. The minimum absolute atomic E-state index is 0.0423. The van der Waals surface area contributed by atoms with Crippen LogP contribution in [0.4, 0.5) is 11.4 Å². The first-order chi connectivity index (χ1) is 15.0. The van der Waals surface area contributed by atoms with Crippen molar-refractivity contribution in [2.24, 2.45) is 0 Å². The molecule has 0 aromatic heterocycles. The number of para-hydroxylation sites is 2. The molecule has 0 aliphatic rings. The van der Waals surface area contributed by atoms with Gasteiger partial charge in [0.05, 0.1) is 17.7 Å². The van der Waals surface area contributed by atoms with E-state index in [1.165, 1.54) is 31.4 Å². The first kappa shape index (κ1) is 20.4. The fourth-order valence-corrected chi connectivity index (χ4v) is 4.26. The van der Waals surface area contributed by atoms with Crippen LogP contribution in [-0.4, -0.2) is 21.4 Å². The molecule has 4 aromatic rings. The van der Waals surface area contributed by atoms with Crippen LogP contribution < -0.4 is 14.8 Å². The van der Waals surface area contributed by atoms with Crippen molar-refractivity contribution >= 4 is 38.1 Å². The third-order valence-electron chi connectivity index (χ3n) is 4.79. The molecule has 0 atom stereocenters. The molecule has 0 unspecified atom stereocenters. The van der Waals surface area contributed by atoms with Gasteiger partial charge in [-0.1, -0.05) is 42.5 Å². The summed E-state index contributed by atoms with van der Waals surface area (Å²) in [7, 11) is -2.36. The summed E-state index contributed by atoms with van der Waals surface area (Å²) < 4.78 is 33.1. The molecule has 0 fully saturated rings. The number of methoxy groups -OCH3 is 1. The van der Waals surface area contributed by atoms with Crippen LogP contribution in [0.2, 0.25) is 0 Å². The van der Waals surface area contributed by atoms with Crippen molar-refractivity contribution < 1.29 is 17.9 Å². The third-order valence-corrected chi connectivity index (χ3v) is 6.17. The maximum atomic E-state index is 12.7. The lowest BCUT2D eigenvalue weighted by atomic mass is 10.1. The highest BCUT2D eigenvalue weighted by atomic mass is 32.2. The van der Waals surface area contributed by atoms with Crippen molar-refractivity contribution in [3.63, 3.8) is 0 Å². The van der Waals surface area contributed by atoms with Crippen LogP contribution in [0.3, 0.4) is 0 Å². The van der Waals surface area contributed by atoms with Crippen molar-refractivity contribution in [1.29, 1.82) is 0 Å². The van der Waals surface area contributed by atoms with Crippen molar-refractivity contribution in [2.75, 3.05) is 17.1 Å². The standard InChI is InChI=1S/C24H20N2O4S/c1-30-23-9-5-4-8-22(23)26-31(28,29)21-14-11-18(12-15-21)24(27)25-20-13-10-17-6-2-3-7-19(17)16-20/h2-16,26H,1H3,(H,25,27). The predicted octanol–water partition coefficient (Wildman–Crippen LogP) is 4.90. The molecule has 156 valence electrons. The molecule has 7 heteroatoms. The van der Waals surface area contributed by atoms with Gasteiger partial charge in [0.25, 0.3) is 15.9 Å². The Kier molecular flexibility index (Phi) is 5.60. The molecule has 0 spiro atoms. The van der Waals surface area contributed by atoms with Gasteiger partial charge in [0, 0.05) is 11.3 Å². The van der Waals surface area contributed by atoms with Crippen molar-refractivity contribution in [2.45, 2.75) is 4.90 Å². The molecule has 0 bridgehead atoms. The molecule has 0 aliphatic heterocycles. The van der Waals surface area contributed by atoms with Gasteiger partial charge in [0.2, 0.25) is 0 Å². The predicted molar refractivity (Wildman–Crippen MR) is 122 cm³/mol. The molecule has 31 heavy (non-hydrogen) atoms. The molecule has 4 aromatic carbocycles. The van der Waals surface area contributed by atoms with Gasteiger partial charge < -0.3 is 10.1 Å². The van der Waals surface area contributed by atoms with Crippen LogP contribution in [0.15, 0.2) is 95.9 Å². The normalized spacial score (nSPS) is 11.1. The summed E-state index contributed by atoms with van der Waals surface area (Å²) in [6.45, 7) is 0. The first-order valence-electron chi connectivity index (χ1n) is 9.52. The molecule has 6 nitrogen and oxygen atoms in total. The van der Waals surface area contributed by atoms with Gasteiger partial charge in [-0.15, -0.1) is 0 Å². The van der Waals surface area contributed by atoms with Gasteiger partial charge in [-0.2, -0.15) is 0 Å². The smallest absolute Gasteiger partial charge is 0.262 e. The van der Waals surface area contributed by atoms with E-state index in [4.69, 9.17) is 4.74 Å². The van der Waals surface area contributed by atoms with Crippen LogP contribution >= 0.6 is 0 Å². The van der Waals surface area contributed by atoms with Gasteiger partial charge in [-0.3, -0.25) is 9.52 Å². The van der Waals surface area contributed by atoms with Crippen molar-refractivity contribution in [1.82, 2.24) is 0 Å². The van der Waals surface area contributed by atoms with E-state index < -0.39 is 10.0 Å². The number of sulfonamides is 1. The highest BCUT2D eigenvalue weighted by Crippen LogP contribution is 2.26. The second kappa shape index (κ2) is 8.49. The molecule has 0 saturated carbocycles. The number of ether oxygens (including phenoxy) is 1. The Bertz CT molecular complexity index is 1350. The van der Waals surface area contributed by atoms with Gasteiger partial charge in [-0.05, 0) is 59.3 Å². The van der Waals surface area contributed by atoms with Crippen molar-refractivity contribution in [3.05, 3.63) is 96.6 Å². The maximum Gasteiger partial charge on any atom is 0.262 e. The summed E-state index contributed by atoms with van der Waals surface area (Å²) in [5.74, 6) is 0.0920. The van der Waals surface area contributed by atoms with Crippen LogP contribution in [0.1, 0.15) is 10.4 Å².